The number of nitrogens with two attached hydrogens (primary N) is 1. The molecule has 19 heavy (non-hydrogen) atoms. The van der Waals surface area contributed by atoms with Crippen LogP contribution in [0.15, 0.2) is 24.5 Å². The van der Waals surface area contributed by atoms with Gasteiger partial charge in [-0.15, -0.1) is 0 Å². The van der Waals surface area contributed by atoms with Gasteiger partial charge in [-0.2, -0.15) is 0 Å². The Morgan fingerprint density at radius 1 is 1.47 bits per heavy atom. The third-order valence-electron chi connectivity index (χ3n) is 3.10. The number of carbonyl (C=O) groups is 1. The number of ether oxygens (including phenoxy) is 1. The number of hydrogen-bond donors (Lipinski definition) is 1. The van der Waals surface area contributed by atoms with Crippen molar-refractivity contribution in [1.29, 1.82) is 0 Å². The topological polar surface area (TPSA) is 70.1 Å². The maximum absolute atomic E-state index is 12.0. The number of rotatable bonds is 4. The monoisotopic (exact) mass is 261 g/mol. The van der Waals surface area contributed by atoms with Gasteiger partial charge in [-0.05, 0) is 30.5 Å². The number of benzene rings is 1. The number of anilines is 1. The van der Waals surface area contributed by atoms with E-state index in [0.29, 0.717) is 18.0 Å². The van der Waals surface area contributed by atoms with E-state index in [1.54, 1.807) is 12.4 Å². The van der Waals surface area contributed by atoms with Crippen molar-refractivity contribution in [2.24, 2.45) is 5.92 Å². The van der Waals surface area contributed by atoms with Gasteiger partial charge in [0.2, 0.25) is 0 Å². The fraction of sp³-hybridized carbons (Fsp3) is 0.429. The Morgan fingerprint density at radius 3 is 2.84 bits per heavy atom. The number of fused-ring (bicyclic) bond motifs is 1. The van der Waals surface area contributed by atoms with Crippen LogP contribution in [-0.4, -0.2) is 22.6 Å². The lowest BCUT2D eigenvalue weighted by Crippen LogP contribution is -2.22. The van der Waals surface area contributed by atoms with Crippen LogP contribution in [0, 0.1) is 5.92 Å². The van der Waals surface area contributed by atoms with Crippen LogP contribution in [0.5, 0.6) is 0 Å². The van der Waals surface area contributed by atoms with Crippen LogP contribution in [0.25, 0.3) is 11.0 Å². The Labute approximate surface area is 112 Å². The summed E-state index contributed by atoms with van der Waals surface area (Å²) >= 11 is 0. The number of hydrogen-bond acceptors (Lipinski definition) is 4. The molecule has 2 aromatic rings. The molecule has 0 saturated carbocycles. The van der Waals surface area contributed by atoms with Gasteiger partial charge in [0.25, 0.3) is 0 Å². The van der Waals surface area contributed by atoms with Crippen LogP contribution in [0.4, 0.5) is 5.69 Å². The molecule has 5 nitrogen and oxygen atoms in total. The number of carbonyl (C=O) groups excluding carboxylic acids is 1. The molecule has 0 saturated heterocycles. The van der Waals surface area contributed by atoms with Gasteiger partial charge >= 0.3 is 5.97 Å². The first-order chi connectivity index (χ1) is 9.02. The Hall–Kier alpha value is -2.04. The fourth-order valence-electron chi connectivity index (χ4n) is 2.20. The number of esters is 1. The van der Waals surface area contributed by atoms with Gasteiger partial charge in [-0.1, -0.05) is 13.8 Å². The molecule has 2 N–H and O–H groups in total. The highest BCUT2D eigenvalue weighted by Gasteiger charge is 2.23. The van der Waals surface area contributed by atoms with Gasteiger partial charge in [0.15, 0.2) is 0 Å². The molecule has 5 heteroatoms. The summed E-state index contributed by atoms with van der Waals surface area (Å²) in [6.07, 6.45) is 2.39. The van der Waals surface area contributed by atoms with E-state index in [4.69, 9.17) is 10.5 Å². The van der Waals surface area contributed by atoms with E-state index in [2.05, 4.69) is 18.8 Å². The molecule has 1 unspecified atom stereocenters. The van der Waals surface area contributed by atoms with E-state index in [-0.39, 0.29) is 12.0 Å². The van der Waals surface area contributed by atoms with Gasteiger partial charge in [-0.3, -0.25) is 0 Å². The normalized spacial score (nSPS) is 12.8. The lowest BCUT2D eigenvalue weighted by molar-refractivity contribution is -0.145. The SMILES string of the molecule is COC(=O)C(CC(C)C)n1cnc2cc(N)ccc21. The molecule has 0 aliphatic carbocycles. The van der Waals surface area contributed by atoms with E-state index < -0.39 is 0 Å². The molecule has 0 amide bonds. The molecule has 0 fully saturated rings. The molecule has 0 spiro atoms. The summed E-state index contributed by atoms with van der Waals surface area (Å²) < 4.78 is 6.76. The zero-order chi connectivity index (χ0) is 14.0. The van der Waals surface area contributed by atoms with Crippen molar-refractivity contribution >= 4 is 22.7 Å². The number of nitrogens with zero attached hydrogens (tertiary/aromatic N) is 2. The predicted octanol–water partition coefficient (Wildman–Crippen LogP) is 2.38. The van der Waals surface area contributed by atoms with E-state index >= 15 is 0 Å². The van der Waals surface area contributed by atoms with Crippen LogP contribution in [0.2, 0.25) is 0 Å². The second kappa shape index (κ2) is 5.30. The molecule has 1 aromatic carbocycles. The highest BCUT2D eigenvalue weighted by atomic mass is 16.5. The van der Waals surface area contributed by atoms with Crippen molar-refractivity contribution < 1.29 is 9.53 Å². The van der Waals surface area contributed by atoms with Crippen molar-refractivity contribution in [3.63, 3.8) is 0 Å². The Morgan fingerprint density at radius 2 is 2.21 bits per heavy atom. The van der Waals surface area contributed by atoms with Gasteiger partial charge in [0.1, 0.15) is 6.04 Å². The Bertz CT molecular complexity index is 589. The summed E-state index contributed by atoms with van der Waals surface area (Å²) in [5.41, 5.74) is 8.08. The summed E-state index contributed by atoms with van der Waals surface area (Å²) in [6.45, 7) is 4.15. The molecule has 1 heterocycles. The summed E-state index contributed by atoms with van der Waals surface area (Å²) in [7, 11) is 1.41. The maximum Gasteiger partial charge on any atom is 0.328 e. The molecule has 0 aliphatic rings. The van der Waals surface area contributed by atoms with Crippen molar-refractivity contribution in [2.45, 2.75) is 26.3 Å². The van der Waals surface area contributed by atoms with Gasteiger partial charge in [-0.25, -0.2) is 9.78 Å². The van der Waals surface area contributed by atoms with Crippen molar-refractivity contribution in [1.82, 2.24) is 9.55 Å². The molecule has 0 bridgehead atoms. The lowest BCUT2D eigenvalue weighted by Gasteiger charge is -2.19. The number of aromatic nitrogens is 2. The molecule has 1 atom stereocenters. The van der Waals surface area contributed by atoms with Crippen LogP contribution >= 0.6 is 0 Å². The minimum Gasteiger partial charge on any atom is -0.467 e. The Kier molecular flexibility index (Phi) is 3.74. The van der Waals surface area contributed by atoms with Gasteiger partial charge in [0.05, 0.1) is 24.5 Å². The quantitative estimate of drug-likeness (QED) is 0.677. The van der Waals surface area contributed by atoms with E-state index in [0.717, 1.165) is 11.0 Å². The number of nitrogen functional groups attached to an aromatic ring is 1. The smallest absolute Gasteiger partial charge is 0.328 e. The predicted molar refractivity (Wildman–Crippen MR) is 74.7 cm³/mol. The van der Waals surface area contributed by atoms with Crippen LogP contribution in [0.1, 0.15) is 26.3 Å². The van der Waals surface area contributed by atoms with Gasteiger partial charge < -0.3 is 15.0 Å². The third kappa shape index (κ3) is 2.70. The van der Waals surface area contributed by atoms with Crippen molar-refractivity contribution in [3.05, 3.63) is 24.5 Å². The van der Waals surface area contributed by atoms with Gasteiger partial charge in [0, 0.05) is 5.69 Å². The first-order valence-electron chi connectivity index (χ1n) is 6.32. The highest BCUT2D eigenvalue weighted by Crippen LogP contribution is 2.25. The average molecular weight is 261 g/mol. The standard InChI is InChI=1S/C14H19N3O2/c1-9(2)6-13(14(18)19-3)17-8-16-11-7-10(15)4-5-12(11)17/h4-5,7-9,13H,6,15H2,1-3H3. The molecule has 1 aromatic heterocycles. The second-order valence-electron chi connectivity index (χ2n) is 5.07. The molecular formula is C14H19N3O2. The van der Waals surface area contributed by atoms with Crippen LogP contribution < -0.4 is 5.73 Å². The molecule has 0 aliphatic heterocycles. The largest absolute Gasteiger partial charge is 0.467 e. The summed E-state index contributed by atoms with van der Waals surface area (Å²) in [6, 6.07) is 5.15. The summed E-state index contributed by atoms with van der Waals surface area (Å²) in [5, 5.41) is 0. The molecule has 102 valence electrons. The van der Waals surface area contributed by atoms with Crippen LogP contribution in [-0.2, 0) is 9.53 Å². The molecular weight excluding hydrogens is 242 g/mol. The second-order valence-corrected chi connectivity index (χ2v) is 5.07. The zero-order valence-electron chi connectivity index (χ0n) is 11.5. The number of methoxy groups -OCH3 is 1. The molecule has 2 rings (SSSR count). The first-order valence-corrected chi connectivity index (χ1v) is 6.32. The third-order valence-corrected chi connectivity index (χ3v) is 3.10. The van der Waals surface area contributed by atoms with E-state index in [1.165, 1.54) is 7.11 Å². The fourth-order valence-corrected chi connectivity index (χ4v) is 2.20. The lowest BCUT2D eigenvalue weighted by atomic mass is 10.0. The van der Waals surface area contributed by atoms with Crippen LogP contribution in [0.3, 0.4) is 0 Å². The Balaban J connectivity index is 2.46. The van der Waals surface area contributed by atoms with E-state index in [1.807, 2.05) is 16.7 Å². The minimum absolute atomic E-state index is 0.246. The highest BCUT2D eigenvalue weighted by molar-refractivity contribution is 5.82. The van der Waals surface area contributed by atoms with E-state index in [9.17, 15) is 4.79 Å². The van der Waals surface area contributed by atoms with Crippen molar-refractivity contribution in [2.75, 3.05) is 12.8 Å². The summed E-state index contributed by atoms with van der Waals surface area (Å²) in [4.78, 5) is 16.3. The average Bonchev–Trinajstić information content (AvgIpc) is 2.77. The first kappa shape index (κ1) is 13.4. The zero-order valence-corrected chi connectivity index (χ0v) is 11.5. The van der Waals surface area contributed by atoms with Crippen molar-refractivity contribution in [3.8, 4) is 0 Å². The summed E-state index contributed by atoms with van der Waals surface area (Å²) in [5.74, 6) is 0.139. The molecule has 0 radical (unpaired) electrons. The minimum atomic E-state index is -0.348. The number of imidazole rings is 1. The maximum atomic E-state index is 12.0.